The van der Waals surface area contributed by atoms with Crippen LogP contribution in [0.15, 0.2) is 47.4 Å². The van der Waals surface area contributed by atoms with Crippen molar-refractivity contribution in [3.63, 3.8) is 0 Å². The summed E-state index contributed by atoms with van der Waals surface area (Å²) < 4.78 is 10.5. The Morgan fingerprint density at radius 3 is 2.56 bits per heavy atom. The topological polar surface area (TPSA) is 35.5 Å². The monoisotopic (exact) mass is 242 g/mol. The summed E-state index contributed by atoms with van der Waals surface area (Å²) in [5, 5.41) is 0. The smallest absolute Gasteiger partial charge is 0.379 e. The van der Waals surface area contributed by atoms with Crippen molar-refractivity contribution in [3.8, 4) is 0 Å². The molecule has 0 bridgehead atoms. The van der Waals surface area contributed by atoms with Crippen LogP contribution in [-0.2, 0) is 14.3 Å². The molecule has 0 unspecified atom stereocenters. The molecule has 0 N–H and O–H groups in total. The first-order valence-corrected chi connectivity index (χ1v) is 6.09. The molecule has 3 heteroatoms. The summed E-state index contributed by atoms with van der Waals surface area (Å²) in [7, 11) is 1.52. The van der Waals surface area contributed by atoms with Crippen LogP contribution in [0.3, 0.4) is 0 Å². The second-order valence-corrected chi connectivity index (χ2v) is 4.43. The lowest BCUT2D eigenvalue weighted by Crippen LogP contribution is -2.02. The highest BCUT2D eigenvalue weighted by Gasteiger charge is 2.35. The summed E-state index contributed by atoms with van der Waals surface area (Å²) in [6, 6.07) is 10.1. The molecule has 0 radical (unpaired) electrons. The lowest BCUT2D eigenvalue weighted by molar-refractivity contribution is -0.136. The van der Waals surface area contributed by atoms with E-state index in [1.807, 2.05) is 30.3 Å². The van der Waals surface area contributed by atoms with E-state index in [0.29, 0.717) is 11.5 Å². The second kappa shape index (κ2) is 4.33. The van der Waals surface area contributed by atoms with Gasteiger partial charge in [-0.1, -0.05) is 30.3 Å². The fraction of sp³-hybridized carbons (Fsp3) is 0.267. The minimum absolute atomic E-state index is 0.363. The van der Waals surface area contributed by atoms with E-state index in [-0.39, 0.29) is 5.97 Å². The Morgan fingerprint density at radius 1 is 1.11 bits per heavy atom. The third-order valence-corrected chi connectivity index (χ3v) is 3.38. The van der Waals surface area contributed by atoms with Gasteiger partial charge in [-0.25, -0.2) is 4.79 Å². The number of carbonyl (C=O) groups excluding carboxylic acids is 1. The molecular weight excluding hydrogens is 228 g/mol. The number of esters is 1. The van der Waals surface area contributed by atoms with E-state index in [4.69, 9.17) is 9.47 Å². The van der Waals surface area contributed by atoms with Gasteiger partial charge in [0.1, 0.15) is 5.76 Å². The lowest BCUT2D eigenvalue weighted by atomic mass is 9.89. The number of benzene rings is 1. The van der Waals surface area contributed by atoms with Gasteiger partial charge in [-0.05, 0) is 24.8 Å². The molecule has 3 rings (SSSR count). The van der Waals surface area contributed by atoms with Gasteiger partial charge in [0, 0.05) is 11.1 Å². The third-order valence-electron chi connectivity index (χ3n) is 3.38. The maximum atomic E-state index is 11.7. The number of hydrogen-bond acceptors (Lipinski definition) is 3. The molecule has 2 aliphatic rings. The standard InChI is InChI=1S/C15H14O3/c1-17-14-12-9-5-8-11(13(12)18-15(14)16)10-6-3-2-4-7-10/h2-4,6-7H,5,8-9H2,1H3. The molecule has 1 aliphatic heterocycles. The third kappa shape index (κ3) is 1.63. The Hall–Kier alpha value is -2.03. The average Bonchev–Trinajstić information content (AvgIpc) is 2.74. The number of methoxy groups -OCH3 is 1. The first kappa shape index (κ1) is 11.1. The van der Waals surface area contributed by atoms with Gasteiger partial charge in [0.05, 0.1) is 7.11 Å². The predicted octanol–water partition coefficient (Wildman–Crippen LogP) is 3.04. The first-order chi connectivity index (χ1) is 8.81. The number of fused-ring (bicyclic) bond motifs is 1. The van der Waals surface area contributed by atoms with E-state index in [1.54, 1.807) is 0 Å². The van der Waals surface area contributed by atoms with Crippen molar-refractivity contribution in [2.75, 3.05) is 7.11 Å². The summed E-state index contributed by atoms with van der Waals surface area (Å²) in [4.78, 5) is 11.7. The number of hydrogen-bond donors (Lipinski definition) is 0. The van der Waals surface area contributed by atoms with Crippen molar-refractivity contribution in [1.82, 2.24) is 0 Å². The number of rotatable bonds is 2. The molecule has 0 aromatic heterocycles. The van der Waals surface area contributed by atoms with Crippen LogP contribution in [0.5, 0.6) is 0 Å². The summed E-state index contributed by atoms with van der Waals surface area (Å²) in [6.45, 7) is 0. The van der Waals surface area contributed by atoms with Gasteiger partial charge < -0.3 is 9.47 Å². The van der Waals surface area contributed by atoms with Crippen LogP contribution in [0.4, 0.5) is 0 Å². The SMILES string of the molecule is COC1=C2CCCC(c3ccccc3)=C2OC1=O. The molecule has 1 heterocycles. The molecule has 3 nitrogen and oxygen atoms in total. The minimum Gasteiger partial charge on any atom is -0.490 e. The quantitative estimate of drug-likeness (QED) is 0.748. The zero-order valence-electron chi connectivity index (χ0n) is 10.2. The normalized spacial score (nSPS) is 18.8. The number of ether oxygens (including phenoxy) is 2. The summed E-state index contributed by atoms with van der Waals surface area (Å²) >= 11 is 0. The van der Waals surface area contributed by atoms with Crippen molar-refractivity contribution in [3.05, 3.63) is 53.0 Å². The van der Waals surface area contributed by atoms with Crippen LogP contribution in [0, 0.1) is 0 Å². The van der Waals surface area contributed by atoms with E-state index in [9.17, 15) is 4.79 Å². The van der Waals surface area contributed by atoms with Gasteiger partial charge >= 0.3 is 5.97 Å². The van der Waals surface area contributed by atoms with Crippen molar-refractivity contribution >= 4 is 11.5 Å². The van der Waals surface area contributed by atoms with E-state index >= 15 is 0 Å². The van der Waals surface area contributed by atoms with Crippen molar-refractivity contribution < 1.29 is 14.3 Å². The summed E-state index contributed by atoms with van der Waals surface area (Å²) in [6.07, 6.45) is 2.81. The van der Waals surface area contributed by atoms with Crippen LogP contribution in [0.1, 0.15) is 24.8 Å². The molecule has 1 aliphatic carbocycles. The average molecular weight is 242 g/mol. The molecule has 1 aromatic rings. The molecule has 0 fully saturated rings. The molecule has 0 saturated carbocycles. The molecule has 1 aromatic carbocycles. The maximum Gasteiger partial charge on any atom is 0.379 e. The Balaban J connectivity index is 2.13. The van der Waals surface area contributed by atoms with Gasteiger partial charge in [-0.3, -0.25) is 0 Å². The Labute approximate surface area is 106 Å². The minimum atomic E-state index is -0.363. The highest BCUT2D eigenvalue weighted by Crippen LogP contribution is 2.41. The molecule has 92 valence electrons. The maximum absolute atomic E-state index is 11.7. The summed E-state index contributed by atoms with van der Waals surface area (Å²) in [5.74, 6) is 0.727. The van der Waals surface area contributed by atoms with E-state index in [2.05, 4.69) is 0 Å². The number of allylic oxidation sites excluding steroid dienone is 2. The highest BCUT2D eigenvalue weighted by molar-refractivity contribution is 5.95. The molecule has 0 amide bonds. The van der Waals surface area contributed by atoms with Crippen molar-refractivity contribution in [1.29, 1.82) is 0 Å². The zero-order chi connectivity index (χ0) is 12.5. The van der Waals surface area contributed by atoms with Gasteiger partial charge in [0.2, 0.25) is 5.76 Å². The van der Waals surface area contributed by atoms with Gasteiger partial charge in [-0.2, -0.15) is 0 Å². The Bertz CT molecular complexity index is 552. The van der Waals surface area contributed by atoms with Gasteiger partial charge in [0.15, 0.2) is 0 Å². The molecule has 0 saturated heterocycles. The van der Waals surface area contributed by atoms with Gasteiger partial charge in [0.25, 0.3) is 0 Å². The Kier molecular flexibility index (Phi) is 2.67. The van der Waals surface area contributed by atoms with Crippen LogP contribution in [-0.4, -0.2) is 13.1 Å². The largest absolute Gasteiger partial charge is 0.490 e. The van der Waals surface area contributed by atoms with E-state index in [1.165, 1.54) is 7.11 Å². The van der Waals surface area contributed by atoms with Crippen LogP contribution in [0.25, 0.3) is 5.57 Å². The molecule has 0 atom stereocenters. The van der Waals surface area contributed by atoms with Crippen molar-refractivity contribution in [2.45, 2.75) is 19.3 Å². The van der Waals surface area contributed by atoms with Crippen LogP contribution < -0.4 is 0 Å². The second-order valence-electron chi connectivity index (χ2n) is 4.43. The first-order valence-electron chi connectivity index (χ1n) is 6.09. The fourth-order valence-corrected chi connectivity index (χ4v) is 2.57. The van der Waals surface area contributed by atoms with Crippen molar-refractivity contribution in [2.24, 2.45) is 0 Å². The predicted molar refractivity (Wildman–Crippen MR) is 67.3 cm³/mol. The van der Waals surface area contributed by atoms with E-state index in [0.717, 1.165) is 36.0 Å². The van der Waals surface area contributed by atoms with E-state index < -0.39 is 0 Å². The van der Waals surface area contributed by atoms with Gasteiger partial charge in [-0.15, -0.1) is 0 Å². The molecular formula is C15H14O3. The fourth-order valence-electron chi connectivity index (χ4n) is 2.57. The van der Waals surface area contributed by atoms with Crippen LogP contribution in [0.2, 0.25) is 0 Å². The highest BCUT2D eigenvalue weighted by atomic mass is 16.6. The zero-order valence-corrected chi connectivity index (χ0v) is 10.2. The van der Waals surface area contributed by atoms with Crippen LogP contribution >= 0.6 is 0 Å². The lowest BCUT2D eigenvalue weighted by Gasteiger charge is -2.17. The summed E-state index contributed by atoms with van der Waals surface area (Å²) in [5.41, 5.74) is 3.15. The number of carbonyl (C=O) groups is 1. The molecule has 18 heavy (non-hydrogen) atoms. The molecule has 0 spiro atoms. The Morgan fingerprint density at radius 2 is 1.83 bits per heavy atom.